The lowest BCUT2D eigenvalue weighted by Crippen LogP contribution is -2.23. The topological polar surface area (TPSA) is 73.9 Å². The van der Waals surface area contributed by atoms with Crippen LogP contribution < -0.4 is 14.8 Å². The van der Waals surface area contributed by atoms with Crippen molar-refractivity contribution < 1.29 is 23.8 Å². The van der Waals surface area contributed by atoms with Gasteiger partial charge < -0.3 is 14.2 Å². The molecule has 0 aliphatic carbocycles. The van der Waals surface area contributed by atoms with Gasteiger partial charge in [0.1, 0.15) is 11.5 Å². The zero-order chi connectivity index (χ0) is 15.9. The van der Waals surface area contributed by atoms with E-state index in [1.807, 2.05) is 32.0 Å². The van der Waals surface area contributed by atoms with Crippen molar-refractivity contribution in [3.63, 3.8) is 0 Å². The number of nitrogens with one attached hydrogen (secondary N) is 1. The van der Waals surface area contributed by atoms with Crippen LogP contribution in [0.5, 0.6) is 11.5 Å². The van der Waals surface area contributed by atoms with Crippen LogP contribution in [0, 0.1) is 0 Å². The molecule has 0 saturated heterocycles. The van der Waals surface area contributed by atoms with Gasteiger partial charge in [-0.15, -0.1) is 0 Å². The van der Waals surface area contributed by atoms with E-state index in [1.165, 1.54) is 6.08 Å². The smallest absolute Gasteiger partial charge is 0.256 e. The molecule has 1 aromatic carbocycles. The Morgan fingerprint density at radius 2 is 1.59 bits per heavy atom. The van der Waals surface area contributed by atoms with Crippen molar-refractivity contribution in [1.29, 1.82) is 0 Å². The summed E-state index contributed by atoms with van der Waals surface area (Å²) in [5.41, 5.74) is 1.20. The molecule has 0 aromatic heterocycles. The zero-order valence-corrected chi connectivity index (χ0v) is 12.7. The molecule has 1 aliphatic heterocycles. The number of imide groups is 1. The maximum absolute atomic E-state index is 11.4. The summed E-state index contributed by atoms with van der Waals surface area (Å²) in [5.74, 6) is 0.615. The largest absolute Gasteiger partial charge is 0.494 e. The van der Waals surface area contributed by atoms with Gasteiger partial charge in [0.05, 0.1) is 26.4 Å². The summed E-state index contributed by atoms with van der Waals surface area (Å²) in [6.45, 7) is 5.31. The van der Waals surface area contributed by atoms with Crippen LogP contribution in [0.2, 0.25) is 0 Å². The molecular formula is C16H19NO5. The van der Waals surface area contributed by atoms with Gasteiger partial charge in [-0.25, -0.2) is 0 Å². The SMILES string of the molecule is CCOc1cc(COCC2=CC(=O)NC2=O)cc(OCC)c1. The molecule has 1 N–H and O–H groups in total. The molecule has 0 bridgehead atoms. The average molecular weight is 305 g/mol. The molecule has 2 amide bonds. The van der Waals surface area contributed by atoms with E-state index >= 15 is 0 Å². The van der Waals surface area contributed by atoms with Gasteiger partial charge in [-0.2, -0.15) is 0 Å². The van der Waals surface area contributed by atoms with Crippen LogP contribution >= 0.6 is 0 Å². The van der Waals surface area contributed by atoms with E-state index in [2.05, 4.69) is 5.32 Å². The lowest BCUT2D eigenvalue weighted by atomic mass is 10.2. The number of hydrogen-bond acceptors (Lipinski definition) is 5. The molecule has 1 aromatic rings. The minimum atomic E-state index is -0.402. The number of carbonyl (C=O) groups excluding carboxylic acids is 2. The molecule has 118 valence electrons. The summed E-state index contributed by atoms with van der Waals surface area (Å²) >= 11 is 0. The minimum absolute atomic E-state index is 0.0837. The van der Waals surface area contributed by atoms with Gasteiger partial charge in [0.15, 0.2) is 0 Å². The highest BCUT2D eigenvalue weighted by Crippen LogP contribution is 2.24. The van der Waals surface area contributed by atoms with Crippen molar-refractivity contribution in [3.8, 4) is 11.5 Å². The van der Waals surface area contributed by atoms with Gasteiger partial charge in [0.25, 0.3) is 11.8 Å². The lowest BCUT2D eigenvalue weighted by Gasteiger charge is -2.11. The van der Waals surface area contributed by atoms with Gasteiger partial charge >= 0.3 is 0 Å². The van der Waals surface area contributed by atoms with Crippen LogP contribution in [0.15, 0.2) is 29.8 Å². The van der Waals surface area contributed by atoms with Gasteiger partial charge in [-0.1, -0.05) is 0 Å². The van der Waals surface area contributed by atoms with E-state index < -0.39 is 11.8 Å². The van der Waals surface area contributed by atoms with E-state index in [0.717, 1.165) is 5.56 Å². The normalized spacial score (nSPS) is 13.8. The van der Waals surface area contributed by atoms with Crippen LogP contribution in [-0.2, 0) is 20.9 Å². The van der Waals surface area contributed by atoms with Crippen molar-refractivity contribution in [2.24, 2.45) is 0 Å². The summed E-state index contributed by atoms with van der Waals surface area (Å²) in [4.78, 5) is 22.4. The Morgan fingerprint density at radius 3 is 2.09 bits per heavy atom. The molecule has 2 rings (SSSR count). The third-order valence-corrected chi connectivity index (χ3v) is 2.92. The molecule has 0 unspecified atom stereocenters. The van der Waals surface area contributed by atoms with E-state index in [0.29, 0.717) is 36.9 Å². The molecule has 0 saturated carbocycles. The molecule has 22 heavy (non-hydrogen) atoms. The van der Waals surface area contributed by atoms with Crippen molar-refractivity contribution >= 4 is 11.8 Å². The number of benzene rings is 1. The highest BCUT2D eigenvalue weighted by Gasteiger charge is 2.20. The maximum atomic E-state index is 11.4. The third kappa shape index (κ3) is 4.33. The number of carbonyl (C=O) groups is 2. The molecule has 0 atom stereocenters. The van der Waals surface area contributed by atoms with Crippen molar-refractivity contribution in [2.45, 2.75) is 20.5 Å². The predicted octanol–water partition coefficient (Wildman–Crippen LogP) is 1.58. The first-order valence-electron chi connectivity index (χ1n) is 7.15. The summed E-state index contributed by atoms with van der Waals surface area (Å²) in [7, 11) is 0. The van der Waals surface area contributed by atoms with Crippen molar-refractivity contribution in [3.05, 3.63) is 35.4 Å². The Hall–Kier alpha value is -2.34. The lowest BCUT2D eigenvalue weighted by molar-refractivity contribution is -0.124. The molecule has 1 heterocycles. The molecule has 1 aliphatic rings. The summed E-state index contributed by atoms with van der Waals surface area (Å²) in [6.07, 6.45) is 1.25. The first kappa shape index (κ1) is 16.0. The molecular weight excluding hydrogens is 286 g/mol. The van der Waals surface area contributed by atoms with Gasteiger partial charge in [0, 0.05) is 17.7 Å². The summed E-state index contributed by atoms with van der Waals surface area (Å²) in [6, 6.07) is 5.54. The van der Waals surface area contributed by atoms with E-state index in [9.17, 15) is 9.59 Å². The summed E-state index contributed by atoms with van der Waals surface area (Å²) in [5, 5.41) is 2.18. The monoisotopic (exact) mass is 305 g/mol. The molecule has 6 nitrogen and oxygen atoms in total. The van der Waals surface area contributed by atoms with Gasteiger partial charge in [0.2, 0.25) is 0 Å². The van der Waals surface area contributed by atoms with Crippen LogP contribution in [-0.4, -0.2) is 31.6 Å². The Balaban J connectivity index is 1.97. The van der Waals surface area contributed by atoms with E-state index in [1.54, 1.807) is 0 Å². The first-order chi connectivity index (χ1) is 10.6. The predicted molar refractivity (Wildman–Crippen MR) is 79.7 cm³/mol. The second kappa shape index (κ2) is 7.61. The Morgan fingerprint density at radius 1 is 0.955 bits per heavy atom. The molecule has 0 fully saturated rings. The number of amides is 2. The maximum Gasteiger partial charge on any atom is 0.256 e. The van der Waals surface area contributed by atoms with E-state index in [-0.39, 0.29) is 6.61 Å². The number of ether oxygens (including phenoxy) is 3. The quantitative estimate of drug-likeness (QED) is 0.738. The second-order valence-electron chi connectivity index (χ2n) is 4.66. The Bertz CT molecular complexity index is 570. The first-order valence-corrected chi connectivity index (χ1v) is 7.15. The fourth-order valence-electron chi connectivity index (χ4n) is 2.05. The average Bonchev–Trinajstić information content (AvgIpc) is 2.78. The standard InChI is InChI=1S/C16H19NO5/c1-3-21-13-5-11(6-14(8-13)22-4-2)9-20-10-12-7-15(18)17-16(12)19/h5-8H,3-4,9-10H2,1-2H3,(H,17,18,19). The third-order valence-electron chi connectivity index (χ3n) is 2.92. The molecule has 6 heteroatoms. The van der Waals surface area contributed by atoms with Crippen LogP contribution in [0.3, 0.4) is 0 Å². The van der Waals surface area contributed by atoms with Crippen LogP contribution in [0.1, 0.15) is 19.4 Å². The number of rotatable bonds is 8. The minimum Gasteiger partial charge on any atom is -0.494 e. The van der Waals surface area contributed by atoms with Gasteiger partial charge in [-0.3, -0.25) is 14.9 Å². The van der Waals surface area contributed by atoms with Crippen molar-refractivity contribution in [1.82, 2.24) is 5.32 Å². The number of hydrogen-bond donors (Lipinski definition) is 1. The zero-order valence-electron chi connectivity index (χ0n) is 12.7. The molecule has 0 radical (unpaired) electrons. The fraction of sp³-hybridized carbons (Fsp3) is 0.375. The Kier molecular flexibility index (Phi) is 5.55. The molecule has 0 spiro atoms. The Labute approximate surface area is 129 Å². The van der Waals surface area contributed by atoms with Gasteiger partial charge in [-0.05, 0) is 31.5 Å². The fourth-order valence-corrected chi connectivity index (χ4v) is 2.05. The van der Waals surface area contributed by atoms with Crippen LogP contribution in [0.4, 0.5) is 0 Å². The van der Waals surface area contributed by atoms with E-state index in [4.69, 9.17) is 14.2 Å². The van der Waals surface area contributed by atoms with Crippen LogP contribution in [0.25, 0.3) is 0 Å². The highest BCUT2D eigenvalue weighted by molar-refractivity contribution is 6.16. The second-order valence-corrected chi connectivity index (χ2v) is 4.66. The highest BCUT2D eigenvalue weighted by atomic mass is 16.5. The van der Waals surface area contributed by atoms with Crippen molar-refractivity contribution in [2.75, 3.05) is 19.8 Å². The summed E-state index contributed by atoms with van der Waals surface area (Å²) < 4.78 is 16.5.